The van der Waals surface area contributed by atoms with Crippen LogP contribution in [0.1, 0.15) is 30.4 Å². The van der Waals surface area contributed by atoms with Crippen LogP contribution in [0.15, 0.2) is 60.7 Å². The van der Waals surface area contributed by atoms with Crippen LogP contribution in [0.5, 0.6) is 0 Å². The molecule has 172 valence electrons. The van der Waals surface area contributed by atoms with Crippen molar-refractivity contribution in [3.63, 3.8) is 0 Å². The van der Waals surface area contributed by atoms with E-state index in [2.05, 4.69) is 34.5 Å². The molecule has 2 fully saturated rings. The summed E-state index contributed by atoms with van der Waals surface area (Å²) in [5, 5.41) is 13.4. The summed E-state index contributed by atoms with van der Waals surface area (Å²) in [5.74, 6) is 0.0349. The normalized spacial score (nSPS) is 26.5. The molecule has 2 aromatic carbocycles. The molecule has 0 saturated carbocycles. The molecule has 2 aromatic rings. The maximum absolute atomic E-state index is 12.5. The van der Waals surface area contributed by atoms with Gasteiger partial charge in [0.2, 0.25) is 5.91 Å². The Balaban J connectivity index is 1.30. The zero-order chi connectivity index (χ0) is 22.2. The fourth-order valence-electron chi connectivity index (χ4n) is 4.72. The Labute approximate surface area is 190 Å². The number of amides is 1. The van der Waals surface area contributed by atoms with E-state index in [0.717, 1.165) is 25.8 Å². The van der Waals surface area contributed by atoms with E-state index in [-0.39, 0.29) is 24.2 Å². The van der Waals surface area contributed by atoms with Gasteiger partial charge in [-0.2, -0.15) is 0 Å². The summed E-state index contributed by atoms with van der Waals surface area (Å²) in [6.07, 6.45) is 2.26. The number of rotatable bonds is 7. The Morgan fingerprint density at radius 3 is 2.47 bits per heavy atom. The summed E-state index contributed by atoms with van der Waals surface area (Å²) >= 11 is 0. The maximum atomic E-state index is 12.5. The van der Waals surface area contributed by atoms with Gasteiger partial charge in [-0.25, -0.2) is 0 Å². The molecule has 4 rings (SSSR count). The number of ether oxygens (including phenoxy) is 2. The molecule has 32 heavy (non-hydrogen) atoms. The standard InChI is InChI=1S/C26H34N2O4/c29-22-17-28(16-21-9-5-2-6-10-21)24-12-11-23(32-25(24)19-31-18-22)15-26(30)27-14-13-20-7-3-1-4-8-20/h1-10,22-25,29H,11-19H2,(H,27,30)/t22-,23-,24+,25-/m0/s1. The molecule has 2 N–H and O–H groups in total. The predicted molar refractivity (Wildman–Crippen MR) is 123 cm³/mol. The molecule has 2 aliphatic heterocycles. The quantitative estimate of drug-likeness (QED) is 0.695. The molecule has 2 heterocycles. The topological polar surface area (TPSA) is 71.0 Å². The number of hydrogen-bond acceptors (Lipinski definition) is 5. The number of carbonyl (C=O) groups is 1. The molecule has 2 saturated heterocycles. The fraction of sp³-hybridized carbons (Fsp3) is 0.500. The van der Waals surface area contributed by atoms with E-state index in [0.29, 0.717) is 32.7 Å². The van der Waals surface area contributed by atoms with E-state index in [9.17, 15) is 9.90 Å². The SMILES string of the molecule is O=C(C[C@@H]1CC[C@@H]2[C@H](COC[C@@H](O)CN2Cc2ccccc2)O1)NCCc1ccccc1. The largest absolute Gasteiger partial charge is 0.389 e. The zero-order valence-electron chi connectivity index (χ0n) is 18.6. The number of fused-ring (bicyclic) bond motifs is 1. The van der Waals surface area contributed by atoms with Crippen LogP contribution in [0.4, 0.5) is 0 Å². The fourth-order valence-corrected chi connectivity index (χ4v) is 4.72. The lowest BCUT2D eigenvalue weighted by Gasteiger charge is -2.44. The highest BCUT2D eigenvalue weighted by molar-refractivity contribution is 5.76. The monoisotopic (exact) mass is 438 g/mol. The number of benzene rings is 2. The second kappa shape index (κ2) is 11.6. The van der Waals surface area contributed by atoms with Gasteiger partial charge in [0.1, 0.15) is 0 Å². The van der Waals surface area contributed by atoms with Crippen molar-refractivity contribution in [3.05, 3.63) is 71.8 Å². The maximum Gasteiger partial charge on any atom is 0.222 e. The van der Waals surface area contributed by atoms with E-state index in [4.69, 9.17) is 9.47 Å². The number of aliphatic hydroxyl groups excluding tert-OH is 1. The molecule has 4 atom stereocenters. The van der Waals surface area contributed by atoms with Crippen molar-refractivity contribution >= 4 is 5.91 Å². The van der Waals surface area contributed by atoms with Crippen LogP contribution in [-0.4, -0.2) is 66.6 Å². The van der Waals surface area contributed by atoms with E-state index in [1.165, 1.54) is 11.1 Å². The number of β-amino-alcohol motifs (C(OH)–C–C–N with tert-alkyl or cyclic N) is 1. The summed E-state index contributed by atoms with van der Waals surface area (Å²) in [6.45, 7) is 2.71. The van der Waals surface area contributed by atoms with Crippen molar-refractivity contribution in [2.75, 3.05) is 26.3 Å². The van der Waals surface area contributed by atoms with Crippen LogP contribution >= 0.6 is 0 Å². The Morgan fingerprint density at radius 2 is 1.72 bits per heavy atom. The highest BCUT2D eigenvalue weighted by Gasteiger charge is 2.37. The predicted octanol–water partition coefficient (Wildman–Crippen LogP) is 2.54. The van der Waals surface area contributed by atoms with Gasteiger partial charge in [-0.3, -0.25) is 9.69 Å². The lowest BCUT2D eigenvalue weighted by atomic mass is 9.94. The summed E-state index contributed by atoms with van der Waals surface area (Å²) < 4.78 is 12.1. The minimum Gasteiger partial charge on any atom is -0.389 e. The third-order valence-electron chi connectivity index (χ3n) is 6.31. The molecular weight excluding hydrogens is 404 g/mol. The Bertz CT molecular complexity index is 832. The molecule has 0 radical (unpaired) electrons. The van der Waals surface area contributed by atoms with Gasteiger partial charge in [-0.05, 0) is 30.4 Å². The molecule has 0 bridgehead atoms. The van der Waals surface area contributed by atoms with Gasteiger partial charge in [0.15, 0.2) is 0 Å². The molecular formula is C26H34N2O4. The van der Waals surface area contributed by atoms with Gasteiger partial charge in [0.25, 0.3) is 0 Å². The molecule has 0 aliphatic carbocycles. The highest BCUT2D eigenvalue weighted by atomic mass is 16.5. The number of hydrogen-bond donors (Lipinski definition) is 2. The molecule has 0 aromatic heterocycles. The minimum atomic E-state index is -0.507. The van der Waals surface area contributed by atoms with Gasteiger partial charge in [-0.1, -0.05) is 60.7 Å². The molecule has 6 heteroatoms. The van der Waals surface area contributed by atoms with Crippen LogP contribution in [0.2, 0.25) is 0 Å². The van der Waals surface area contributed by atoms with E-state index in [1.807, 2.05) is 36.4 Å². The third kappa shape index (κ3) is 6.62. The first-order valence-corrected chi connectivity index (χ1v) is 11.7. The molecule has 2 aliphatic rings. The third-order valence-corrected chi connectivity index (χ3v) is 6.31. The van der Waals surface area contributed by atoms with Crippen molar-refractivity contribution in [1.82, 2.24) is 10.2 Å². The Hall–Kier alpha value is -2.25. The Kier molecular flexibility index (Phi) is 8.29. The van der Waals surface area contributed by atoms with E-state index in [1.54, 1.807) is 0 Å². The van der Waals surface area contributed by atoms with Gasteiger partial charge >= 0.3 is 0 Å². The van der Waals surface area contributed by atoms with Gasteiger partial charge < -0.3 is 19.9 Å². The van der Waals surface area contributed by atoms with Crippen molar-refractivity contribution in [1.29, 1.82) is 0 Å². The second-order valence-electron chi connectivity index (χ2n) is 8.84. The van der Waals surface area contributed by atoms with Gasteiger partial charge in [0, 0.05) is 25.7 Å². The number of nitrogens with zero attached hydrogens (tertiary/aromatic N) is 1. The van der Waals surface area contributed by atoms with Crippen molar-refractivity contribution in [2.45, 2.75) is 56.6 Å². The number of nitrogens with one attached hydrogen (secondary N) is 1. The second-order valence-corrected chi connectivity index (χ2v) is 8.84. The van der Waals surface area contributed by atoms with Crippen molar-refractivity contribution in [2.24, 2.45) is 0 Å². The first kappa shape index (κ1) is 22.9. The minimum absolute atomic E-state index is 0.0349. The van der Waals surface area contributed by atoms with Gasteiger partial charge in [0.05, 0.1) is 37.9 Å². The van der Waals surface area contributed by atoms with Crippen LogP contribution in [0.25, 0.3) is 0 Å². The first-order valence-electron chi connectivity index (χ1n) is 11.7. The van der Waals surface area contributed by atoms with Crippen LogP contribution in [0.3, 0.4) is 0 Å². The van der Waals surface area contributed by atoms with Crippen molar-refractivity contribution in [3.8, 4) is 0 Å². The van der Waals surface area contributed by atoms with E-state index < -0.39 is 6.10 Å². The molecule has 0 unspecified atom stereocenters. The average Bonchev–Trinajstić information content (AvgIpc) is 2.79. The molecule has 0 spiro atoms. The lowest BCUT2D eigenvalue weighted by Crippen LogP contribution is -2.55. The summed E-state index contributed by atoms with van der Waals surface area (Å²) in [6, 6.07) is 20.7. The summed E-state index contributed by atoms with van der Waals surface area (Å²) in [4.78, 5) is 14.8. The van der Waals surface area contributed by atoms with Crippen LogP contribution in [-0.2, 0) is 27.2 Å². The zero-order valence-corrected chi connectivity index (χ0v) is 18.6. The lowest BCUT2D eigenvalue weighted by molar-refractivity contribution is -0.158. The Morgan fingerprint density at radius 1 is 1.00 bits per heavy atom. The van der Waals surface area contributed by atoms with E-state index >= 15 is 0 Å². The summed E-state index contributed by atoms with van der Waals surface area (Å²) in [7, 11) is 0. The number of carbonyl (C=O) groups excluding carboxylic acids is 1. The number of aliphatic hydroxyl groups is 1. The highest BCUT2D eigenvalue weighted by Crippen LogP contribution is 2.28. The summed E-state index contributed by atoms with van der Waals surface area (Å²) in [5.41, 5.74) is 2.44. The molecule has 6 nitrogen and oxygen atoms in total. The first-order chi connectivity index (χ1) is 15.7. The van der Waals surface area contributed by atoms with Crippen LogP contribution in [0, 0.1) is 0 Å². The van der Waals surface area contributed by atoms with Gasteiger partial charge in [-0.15, -0.1) is 0 Å². The smallest absolute Gasteiger partial charge is 0.222 e. The molecule has 1 amide bonds. The van der Waals surface area contributed by atoms with Crippen molar-refractivity contribution < 1.29 is 19.4 Å². The van der Waals surface area contributed by atoms with Crippen LogP contribution < -0.4 is 5.32 Å². The average molecular weight is 439 g/mol.